The number of aliphatic hydroxyl groups excluding tert-OH is 2. The normalized spacial score (nSPS) is 26.9. The molecule has 1 aromatic rings. The van der Waals surface area contributed by atoms with Crippen LogP contribution in [0.1, 0.15) is 10.5 Å². The van der Waals surface area contributed by atoms with Gasteiger partial charge in [0.1, 0.15) is 0 Å². The fraction of sp³-hybridized carbons (Fsp3) is 0.571. The Labute approximate surface area is 83.9 Å². The molecule has 2 N–H and O–H groups in total. The van der Waals surface area contributed by atoms with Crippen LogP contribution in [0, 0.1) is 0 Å². The molecular weight excluding hydrogens is 206 g/mol. The molecule has 1 saturated heterocycles. The number of β-amino-alcohol motifs (C(OH)–C–C–N with tert-alkyl or cyclic N) is 2. The van der Waals surface area contributed by atoms with Crippen LogP contribution in [0.2, 0.25) is 0 Å². The number of amides is 1. The van der Waals surface area contributed by atoms with E-state index in [0.717, 1.165) is 11.5 Å². The Bertz CT molecular complexity index is 319. The molecule has 7 heteroatoms. The van der Waals surface area contributed by atoms with Gasteiger partial charge in [-0.05, 0) is 11.5 Å². The zero-order valence-corrected chi connectivity index (χ0v) is 8.02. The van der Waals surface area contributed by atoms with Crippen molar-refractivity contribution in [3.63, 3.8) is 0 Å². The van der Waals surface area contributed by atoms with Crippen LogP contribution in [0.5, 0.6) is 0 Å². The Hall–Kier alpha value is -1.05. The van der Waals surface area contributed by atoms with E-state index in [1.807, 2.05) is 0 Å². The number of aromatic nitrogens is 2. The van der Waals surface area contributed by atoms with Crippen LogP contribution in [-0.2, 0) is 0 Å². The van der Waals surface area contributed by atoms with Crippen molar-refractivity contribution in [2.75, 3.05) is 13.1 Å². The maximum Gasteiger partial charge on any atom is 0.275 e. The highest BCUT2D eigenvalue weighted by atomic mass is 32.1. The van der Waals surface area contributed by atoms with Gasteiger partial charge in [-0.15, -0.1) is 5.10 Å². The second-order valence-electron chi connectivity index (χ2n) is 3.13. The van der Waals surface area contributed by atoms with Gasteiger partial charge in [0.25, 0.3) is 5.91 Å². The Morgan fingerprint density at radius 2 is 2.14 bits per heavy atom. The molecule has 2 rings (SSSR count). The summed E-state index contributed by atoms with van der Waals surface area (Å²) in [5.41, 5.74) is 0.260. The average Bonchev–Trinajstić information content (AvgIpc) is 2.76. The minimum atomic E-state index is -0.856. The Morgan fingerprint density at radius 1 is 1.50 bits per heavy atom. The summed E-state index contributed by atoms with van der Waals surface area (Å²) in [6.07, 6.45) is -1.71. The smallest absolute Gasteiger partial charge is 0.275 e. The van der Waals surface area contributed by atoms with Crippen LogP contribution >= 0.6 is 11.5 Å². The molecule has 0 aromatic carbocycles. The molecule has 1 aromatic heterocycles. The molecule has 0 radical (unpaired) electrons. The van der Waals surface area contributed by atoms with E-state index in [1.54, 1.807) is 5.38 Å². The van der Waals surface area contributed by atoms with E-state index >= 15 is 0 Å². The second-order valence-corrected chi connectivity index (χ2v) is 3.74. The van der Waals surface area contributed by atoms with E-state index < -0.39 is 12.2 Å². The molecule has 1 amide bonds. The topological polar surface area (TPSA) is 86.6 Å². The first-order chi connectivity index (χ1) is 6.68. The fourth-order valence-electron chi connectivity index (χ4n) is 1.36. The SMILES string of the molecule is O=C(c1csnn1)N1CC(O)C(O)C1. The van der Waals surface area contributed by atoms with Crippen LogP contribution in [0.25, 0.3) is 0 Å². The Morgan fingerprint density at radius 3 is 2.64 bits per heavy atom. The minimum Gasteiger partial charge on any atom is -0.388 e. The van der Waals surface area contributed by atoms with Gasteiger partial charge in [-0.2, -0.15) is 0 Å². The summed E-state index contributed by atoms with van der Waals surface area (Å²) in [6, 6.07) is 0. The molecule has 1 aliphatic heterocycles. The number of likely N-dealkylation sites (tertiary alicyclic amines) is 1. The lowest BCUT2D eigenvalue weighted by atomic mass is 10.3. The summed E-state index contributed by atoms with van der Waals surface area (Å²) < 4.78 is 3.57. The molecule has 2 unspecified atom stereocenters. The van der Waals surface area contributed by atoms with Crippen LogP contribution < -0.4 is 0 Å². The van der Waals surface area contributed by atoms with E-state index in [9.17, 15) is 15.0 Å². The summed E-state index contributed by atoms with van der Waals surface area (Å²) in [5.74, 6) is -0.297. The van der Waals surface area contributed by atoms with Crippen molar-refractivity contribution >= 4 is 17.4 Å². The molecule has 2 atom stereocenters. The van der Waals surface area contributed by atoms with Crippen LogP contribution in [0.15, 0.2) is 5.38 Å². The number of aliphatic hydroxyl groups is 2. The number of rotatable bonds is 1. The highest BCUT2D eigenvalue weighted by molar-refractivity contribution is 7.03. The first-order valence-corrected chi connectivity index (χ1v) is 4.94. The zero-order valence-electron chi connectivity index (χ0n) is 7.20. The molecular formula is C7H9N3O3S. The third-order valence-electron chi connectivity index (χ3n) is 2.13. The summed E-state index contributed by atoms with van der Waals surface area (Å²) in [6.45, 7) is 0.301. The van der Waals surface area contributed by atoms with Crippen LogP contribution in [0.4, 0.5) is 0 Å². The van der Waals surface area contributed by atoms with Crippen molar-refractivity contribution in [3.8, 4) is 0 Å². The fourth-order valence-corrected chi connectivity index (χ4v) is 1.79. The first-order valence-electron chi connectivity index (χ1n) is 4.11. The van der Waals surface area contributed by atoms with Gasteiger partial charge in [-0.3, -0.25) is 4.79 Å². The zero-order chi connectivity index (χ0) is 10.1. The molecule has 0 saturated carbocycles. The summed E-state index contributed by atoms with van der Waals surface area (Å²) in [7, 11) is 0. The first kappa shape index (κ1) is 9.50. The van der Waals surface area contributed by atoms with Crippen molar-refractivity contribution < 1.29 is 15.0 Å². The predicted molar refractivity (Wildman–Crippen MR) is 47.8 cm³/mol. The van der Waals surface area contributed by atoms with E-state index in [-0.39, 0.29) is 24.7 Å². The van der Waals surface area contributed by atoms with Crippen LogP contribution in [0.3, 0.4) is 0 Å². The lowest BCUT2D eigenvalue weighted by Gasteiger charge is -2.12. The van der Waals surface area contributed by atoms with Gasteiger partial charge in [-0.1, -0.05) is 4.49 Å². The molecule has 0 spiro atoms. The third kappa shape index (κ3) is 1.61. The van der Waals surface area contributed by atoms with Gasteiger partial charge < -0.3 is 15.1 Å². The Balaban J connectivity index is 2.07. The second kappa shape index (κ2) is 3.60. The van der Waals surface area contributed by atoms with Crippen molar-refractivity contribution in [2.45, 2.75) is 12.2 Å². The number of hydrogen-bond acceptors (Lipinski definition) is 6. The Kier molecular flexibility index (Phi) is 2.44. The van der Waals surface area contributed by atoms with Gasteiger partial charge in [0.15, 0.2) is 5.69 Å². The van der Waals surface area contributed by atoms with Gasteiger partial charge >= 0.3 is 0 Å². The minimum absolute atomic E-state index is 0.150. The van der Waals surface area contributed by atoms with Gasteiger partial charge in [0.05, 0.1) is 12.2 Å². The monoisotopic (exact) mass is 215 g/mol. The summed E-state index contributed by atoms with van der Waals surface area (Å²) in [4.78, 5) is 13.0. The summed E-state index contributed by atoms with van der Waals surface area (Å²) >= 11 is 1.09. The van der Waals surface area contributed by atoms with Gasteiger partial charge in [-0.25, -0.2) is 0 Å². The maximum atomic E-state index is 11.6. The number of carbonyl (C=O) groups is 1. The van der Waals surface area contributed by atoms with Crippen molar-refractivity contribution in [3.05, 3.63) is 11.1 Å². The molecule has 1 fully saturated rings. The van der Waals surface area contributed by atoms with E-state index in [4.69, 9.17) is 0 Å². The van der Waals surface area contributed by atoms with Crippen molar-refractivity contribution in [2.24, 2.45) is 0 Å². The lowest BCUT2D eigenvalue weighted by molar-refractivity contribution is 0.0572. The number of carbonyl (C=O) groups excluding carboxylic acids is 1. The van der Waals surface area contributed by atoms with Gasteiger partial charge in [0.2, 0.25) is 0 Å². The molecule has 1 aliphatic rings. The van der Waals surface area contributed by atoms with Crippen LogP contribution in [-0.4, -0.2) is 55.9 Å². The molecule has 14 heavy (non-hydrogen) atoms. The summed E-state index contributed by atoms with van der Waals surface area (Å²) in [5, 5.41) is 23.6. The molecule has 0 bridgehead atoms. The third-order valence-corrected chi connectivity index (χ3v) is 2.63. The molecule has 2 heterocycles. The van der Waals surface area contributed by atoms with Gasteiger partial charge in [0, 0.05) is 18.5 Å². The maximum absolute atomic E-state index is 11.6. The highest BCUT2D eigenvalue weighted by Gasteiger charge is 2.33. The average molecular weight is 215 g/mol. The molecule has 0 aliphatic carbocycles. The van der Waals surface area contributed by atoms with E-state index in [1.165, 1.54) is 4.90 Å². The number of nitrogens with zero attached hydrogens (tertiary/aromatic N) is 3. The van der Waals surface area contributed by atoms with E-state index in [0.29, 0.717) is 0 Å². The van der Waals surface area contributed by atoms with Crippen molar-refractivity contribution in [1.29, 1.82) is 0 Å². The van der Waals surface area contributed by atoms with E-state index in [2.05, 4.69) is 9.59 Å². The lowest BCUT2D eigenvalue weighted by Crippen LogP contribution is -2.30. The largest absolute Gasteiger partial charge is 0.388 e. The molecule has 6 nitrogen and oxygen atoms in total. The predicted octanol–water partition coefficient (Wildman–Crippen LogP) is -1.28. The highest BCUT2D eigenvalue weighted by Crippen LogP contribution is 2.13. The molecule has 76 valence electrons. The van der Waals surface area contributed by atoms with Crippen molar-refractivity contribution in [1.82, 2.24) is 14.5 Å². The standard InChI is InChI=1S/C7H9N3O3S/c11-5-1-10(2-6(5)12)7(13)4-3-14-9-8-4/h3,5-6,11-12H,1-2H2. The number of hydrogen-bond donors (Lipinski definition) is 2. The quantitative estimate of drug-likeness (QED) is 0.609.